The van der Waals surface area contributed by atoms with Crippen molar-refractivity contribution in [2.75, 3.05) is 0 Å². The number of nitriles is 1. The van der Waals surface area contributed by atoms with E-state index in [2.05, 4.69) is 11.1 Å². The largest absolute Gasteiger partial charge is 0.320 e. The average Bonchev–Trinajstić information content (AvgIpc) is 3.53. The van der Waals surface area contributed by atoms with E-state index < -0.39 is 21.7 Å². The maximum absolute atomic E-state index is 14.2. The Labute approximate surface area is 211 Å². The number of imidazole rings is 1. The lowest BCUT2D eigenvalue weighted by Crippen LogP contribution is -2.18. The van der Waals surface area contributed by atoms with Crippen LogP contribution in [0.3, 0.4) is 0 Å². The van der Waals surface area contributed by atoms with Crippen LogP contribution in [-0.4, -0.2) is 26.9 Å². The molecule has 2 aromatic carbocycles. The fourth-order valence-electron chi connectivity index (χ4n) is 5.21. The monoisotopic (exact) mass is 517 g/mol. The number of nitrogens with zero attached hydrogens (tertiary/aromatic N) is 5. The van der Waals surface area contributed by atoms with E-state index in [0.717, 1.165) is 16.1 Å². The minimum atomic E-state index is -3.90. The van der Waals surface area contributed by atoms with Crippen molar-refractivity contribution in [3.05, 3.63) is 78.6 Å². The molecular weight excluding hydrogens is 496 g/mol. The molecule has 10 heteroatoms. The third-order valence-corrected chi connectivity index (χ3v) is 8.73. The van der Waals surface area contributed by atoms with Gasteiger partial charge in [-0.15, -0.1) is 0 Å². The van der Waals surface area contributed by atoms with Gasteiger partial charge in [-0.3, -0.25) is 0 Å². The van der Waals surface area contributed by atoms with E-state index in [4.69, 9.17) is 4.98 Å². The van der Waals surface area contributed by atoms with Gasteiger partial charge in [-0.1, -0.05) is 18.2 Å². The van der Waals surface area contributed by atoms with Crippen LogP contribution in [-0.2, 0) is 10.0 Å². The highest BCUT2D eigenvalue weighted by Crippen LogP contribution is 2.40. The molecule has 1 fully saturated rings. The van der Waals surface area contributed by atoms with Crippen molar-refractivity contribution in [2.24, 2.45) is 5.92 Å². The van der Waals surface area contributed by atoms with Gasteiger partial charge in [0.2, 0.25) is 0 Å². The van der Waals surface area contributed by atoms with Crippen LogP contribution >= 0.6 is 0 Å². The van der Waals surface area contributed by atoms with Crippen LogP contribution in [0.4, 0.5) is 8.78 Å². The fraction of sp³-hybridized carbons (Fsp3) is 0.222. The number of hydrogen-bond donors (Lipinski definition) is 0. The van der Waals surface area contributed by atoms with E-state index in [-0.39, 0.29) is 22.5 Å². The molecule has 0 saturated heterocycles. The Balaban J connectivity index is 1.59. The molecule has 3 aromatic heterocycles. The van der Waals surface area contributed by atoms with Crippen LogP contribution in [0.2, 0.25) is 0 Å². The lowest BCUT2D eigenvalue weighted by Gasteiger charge is -2.28. The molecule has 1 aliphatic rings. The topological polar surface area (TPSA) is 93.6 Å². The first kappa shape index (κ1) is 23.3. The lowest BCUT2D eigenvalue weighted by molar-refractivity contribution is 0.320. The molecule has 0 spiro atoms. The second kappa shape index (κ2) is 8.78. The molecule has 5 aromatic rings. The highest BCUT2D eigenvalue weighted by molar-refractivity contribution is 7.90. The molecule has 7 nitrogen and oxygen atoms in total. The minimum Gasteiger partial charge on any atom is -0.320 e. The molecule has 0 bridgehead atoms. The van der Waals surface area contributed by atoms with Crippen molar-refractivity contribution >= 4 is 32.1 Å². The maximum atomic E-state index is 14.2. The molecule has 0 unspecified atom stereocenters. The Hall–Kier alpha value is -4.10. The average molecular weight is 518 g/mol. The molecule has 6 rings (SSSR count). The number of aromatic nitrogens is 4. The Kier molecular flexibility index (Phi) is 5.53. The molecule has 0 atom stereocenters. The van der Waals surface area contributed by atoms with E-state index in [1.54, 1.807) is 24.3 Å². The number of benzene rings is 2. The lowest BCUT2D eigenvalue weighted by atomic mass is 9.86. The second-order valence-corrected chi connectivity index (χ2v) is 11.0. The Morgan fingerprint density at radius 2 is 1.73 bits per heavy atom. The maximum Gasteiger partial charge on any atom is 0.269 e. The zero-order valence-electron chi connectivity index (χ0n) is 19.6. The predicted octanol–water partition coefficient (Wildman–Crippen LogP) is 5.82. The van der Waals surface area contributed by atoms with Crippen molar-refractivity contribution in [3.63, 3.8) is 0 Å². The van der Waals surface area contributed by atoms with E-state index in [0.29, 0.717) is 53.5 Å². The Morgan fingerprint density at radius 1 is 0.973 bits per heavy atom. The quantitative estimate of drug-likeness (QED) is 0.299. The summed E-state index contributed by atoms with van der Waals surface area (Å²) in [7, 11) is -3.90. The molecule has 0 radical (unpaired) electrons. The van der Waals surface area contributed by atoms with Gasteiger partial charge in [0.25, 0.3) is 10.0 Å². The summed E-state index contributed by atoms with van der Waals surface area (Å²) in [5.74, 6) is -1.51. The number of pyridine rings is 1. The smallest absolute Gasteiger partial charge is 0.269 e. The molecule has 186 valence electrons. The van der Waals surface area contributed by atoms with Crippen molar-refractivity contribution in [3.8, 4) is 17.5 Å². The van der Waals surface area contributed by atoms with Crippen molar-refractivity contribution in [2.45, 2.75) is 36.6 Å². The summed E-state index contributed by atoms with van der Waals surface area (Å²) in [4.78, 5) is 9.32. The molecule has 0 amide bonds. The summed E-state index contributed by atoms with van der Waals surface area (Å²) in [5, 5.41) is 9.95. The molecule has 1 aliphatic carbocycles. The van der Waals surface area contributed by atoms with Gasteiger partial charge in [0, 0.05) is 29.1 Å². The molecule has 37 heavy (non-hydrogen) atoms. The first-order valence-corrected chi connectivity index (χ1v) is 13.4. The van der Waals surface area contributed by atoms with Gasteiger partial charge >= 0.3 is 0 Å². The third-order valence-electron chi connectivity index (χ3n) is 7.05. The molecule has 0 N–H and O–H groups in total. The van der Waals surface area contributed by atoms with Crippen molar-refractivity contribution in [1.82, 2.24) is 18.5 Å². The SMILES string of the molecule is N#C[C@H]1CC[C@H](n2c(-c3ccc(F)c(F)c3)nc3cnc4c(ccn4S(=O)(=O)c4ccccc4)c32)CC1. The second-order valence-electron chi connectivity index (χ2n) is 9.23. The number of fused-ring (bicyclic) bond motifs is 3. The first-order chi connectivity index (χ1) is 17.9. The molecule has 0 aliphatic heterocycles. The highest BCUT2D eigenvalue weighted by atomic mass is 32.2. The van der Waals surface area contributed by atoms with Gasteiger partial charge in [-0.25, -0.2) is 31.1 Å². The van der Waals surface area contributed by atoms with Gasteiger partial charge in [0.05, 0.1) is 22.7 Å². The van der Waals surface area contributed by atoms with Crippen LogP contribution in [0.25, 0.3) is 33.5 Å². The summed E-state index contributed by atoms with van der Waals surface area (Å²) in [6.07, 6.45) is 5.79. The molecule has 3 heterocycles. The third kappa shape index (κ3) is 3.78. The van der Waals surface area contributed by atoms with E-state index in [9.17, 15) is 22.5 Å². The first-order valence-electron chi connectivity index (χ1n) is 11.9. The van der Waals surface area contributed by atoms with Crippen LogP contribution in [0.5, 0.6) is 0 Å². The van der Waals surface area contributed by atoms with Crippen LogP contribution in [0, 0.1) is 28.9 Å². The summed E-state index contributed by atoms with van der Waals surface area (Å²) < 4.78 is 57.8. The van der Waals surface area contributed by atoms with Gasteiger partial charge in [0.15, 0.2) is 17.3 Å². The van der Waals surface area contributed by atoms with Crippen molar-refractivity contribution < 1.29 is 17.2 Å². The van der Waals surface area contributed by atoms with Gasteiger partial charge in [-0.05, 0) is 62.1 Å². The number of hydrogen-bond acceptors (Lipinski definition) is 5. The van der Waals surface area contributed by atoms with Crippen LogP contribution < -0.4 is 0 Å². The Bertz CT molecular complexity index is 1800. The summed E-state index contributed by atoms with van der Waals surface area (Å²) >= 11 is 0. The van der Waals surface area contributed by atoms with Gasteiger partial charge in [-0.2, -0.15) is 5.26 Å². The van der Waals surface area contributed by atoms with Crippen molar-refractivity contribution in [1.29, 1.82) is 5.26 Å². The number of halogens is 2. The van der Waals surface area contributed by atoms with E-state index >= 15 is 0 Å². The van der Waals surface area contributed by atoms with E-state index in [1.165, 1.54) is 30.6 Å². The van der Waals surface area contributed by atoms with E-state index in [1.807, 2.05) is 4.57 Å². The molecular formula is C27H21F2N5O2S. The standard InChI is InChI=1S/C27H21F2N5O2S/c28-22-11-8-18(14-23(22)29)26-32-24-16-31-27-21(25(24)34(26)19-9-6-17(15-30)7-10-19)12-13-33(27)37(35,36)20-4-2-1-3-5-20/h1-5,8,11-14,16-17,19H,6-7,9-10H2/t17-,19-. The summed E-state index contributed by atoms with van der Waals surface area (Å²) in [6.45, 7) is 0. The highest BCUT2D eigenvalue weighted by Gasteiger charge is 2.29. The zero-order valence-corrected chi connectivity index (χ0v) is 20.4. The Morgan fingerprint density at radius 3 is 2.43 bits per heavy atom. The minimum absolute atomic E-state index is 0.0310. The summed E-state index contributed by atoms with van der Waals surface area (Å²) in [5.41, 5.74) is 1.85. The summed E-state index contributed by atoms with van der Waals surface area (Å²) in [6, 6.07) is 15.7. The van der Waals surface area contributed by atoms with Crippen LogP contribution in [0.1, 0.15) is 31.7 Å². The normalized spacial score (nSPS) is 18.3. The molecule has 1 saturated carbocycles. The zero-order chi connectivity index (χ0) is 25.7. The predicted molar refractivity (Wildman–Crippen MR) is 134 cm³/mol. The van der Waals surface area contributed by atoms with Gasteiger partial charge < -0.3 is 4.57 Å². The van der Waals surface area contributed by atoms with Crippen LogP contribution in [0.15, 0.2) is 71.9 Å². The van der Waals surface area contributed by atoms with Gasteiger partial charge in [0.1, 0.15) is 11.3 Å². The number of rotatable bonds is 4. The fourth-order valence-corrected chi connectivity index (χ4v) is 6.53.